The lowest BCUT2D eigenvalue weighted by atomic mass is 10.2. The largest absolute Gasteiger partial charge is 0.423 e. The molecule has 2 saturated heterocycles. The van der Waals surface area contributed by atoms with E-state index >= 15 is 0 Å². The second-order valence-electron chi connectivity index (χ2n) is 5.67. The third kappa shape index (κ3) is 3.08. The molecule has 3 heterocycles. The van der Waals surface area contributed by atoms with Crippen molar-refractivity contribution in [1.29, 1.82) is 0 Å². The van der Waals surface area contributed by atoms with Crippen LogP contribution in [0, 0.1) is 6.92 Å². The second-order valence-corrected chi connectivity index (χ2v) is 6.90. The molecule has 1 amide bonds. The Kier molecular flexibility index (Phi) is 4.49. The van der Waals surface area contributed by atoms with Crippen molar-refractivity contribution in [2.45, 2.75) is 38.8 Å². The summed E-state index contributed by atoms with van der Waals surface area (Å²) in [6.07, 6.45) is 1.91. The van der Waals surface area contributed by atoms with Crippen LogP contribution in [0.4, 0.5) is 0 Å². The Hall–Kier alpha value is -1.08. The zero-order chi connectivity index (χ0) is 14.8. The smallest absolute Gasteiger partial charge is 0.240 e. The first-order valence-electron chi connectivity index (χ1n) is 7.59. The highest BCUT2D eigenvalue weighted by molar-refractivity contribution is 7.99. The summed E-state index contributed by atoms with van der Waals surface area (Å²) in [6, 6.07) is -0.101. The Labute approximate surface area is 129 Å². The molecule has 2 atom stereocenters. The molecule has 0 aromatic carbocycles. The Morgan fingerprint density at radius 2 is 2.10 bits per heavy atom. The van der Waals surface area contributed by atoms with Gasteiger partial charge in [0.25, 0.3) is 0 Å². The van der Waals surface area contributed by atoms with Crippen LogP contribution < -0.4 is 0 Å². The molecule has 0 radical (unpaired) electrons. The molecule has 2 aliphatic heterocycles. The van der Waals surface area contributed by atoms with Gasteiger partial charge in [0.2, 0.25) is 17.7 Å². The molecule has 116 valence electrons. The third-order valence-electron chi connectivity index (χ3n) is 4.31. The first-order valence-corrected chi connectivity index (χ1v) is 8.74. The molecule has 21 heavy (non-hydrogen) atoms. The van der Waals surface area contributed by atoms with E-state index in [1.165, 1.54) is 0 Å². The summed E-state index contributed by atoms with van der Waals surface area (Å²) in [5.74, 6) is 3.57. The molecule has 6 nitrogen and oxygen atoms in total. The van der Waals surface area contributed by atoms with Gasteiger partial charge < -0.3 is 9.32 Å². The standard InChI is InChI=1S/C14H22N4O2S/c1-10(17-6-8-21-9-7-17)14(19)18-5-3-4-12(18)13-16-15-11(2)20-13/h10,12H,3-9H2,1-2H3. The molecule has 3 rings (SSSR count). The minimum absolute atomic E-state index is 0.0414. The van der Waals surface area contributed by atoms with Crippen molar-refractivity contribution in [2.75, 3.05) is 31.1 Å². The number of hydrogen-bond acceptors (Lipinski definition) is 6. The van der Waals surface area contributed by atoms with Gasteiger partial charge in [0.1, 0.15) is 6.04 Å². The summed E-state index contributed by atoms with van der Waals surface area (Å²) >= 11 is 1.96. The van der Waals surface area contributed by atoms with Gasteiger partial charge in [0, 0.05) is 38.1 Å². The number of carbonyl (C=O) groups is 1. The summed E-state index contributed by atoms with van der Waals surface area (Å²) in [5, 5.41) is 8.00. The number of carbonyl (C=O) groups excluding carboxylic acids is 1. The van der Waals surface area contributed by atoms with Crippen molar-refractivity contribution in [3.8, 4) is 0 Å². The molecule has 1 aromatic rings. The van der Waals surface area contributed by atoms with Crippen LogP contribution in [-0.4, -0.2) is 63.1 Å². The van der Waals surface area contributed by atoms with Crippen LogP contribution in [0.25, 0.3) is 0 Å². The second kappa shape index (κ2) is 6.36. The SMILES string of the molecule is Cc1nnc(C2CCCN2C(=O)C(C)N2CCSCC2)o1. The summed E-state index contributed by atoms with van der Waals surface area (Å²) in [7, 11) is 0. The molecule has 1 aromatic heterocycles. The Bertz CT molecular complexity index is 501. The van der Waals surface area contributed by atoms with E-state index in [0.29, 0.717) is 11.8 Å². The molecule has 0 spiro atoms. The molecule has 0 aliphatic carbocycles. The summed E-state index contributed by atoms with van der Waals surface area (Å²) in [5.41, 5.74) is 0. The van der Waals surface area contributed by atoms with E-state index in [1.54, 1.807) is 6.92 Å². The Balaban J connectivity index is 1.70. The summed E-state index contributed by atoms with van der Waals surface area (Å²) in [4.78, 5) is 17.0. The van der Waals surface area contributed by atoms with E-state index in [0.717, 1.165) is 44.0 Å². The van der Waals surface area contributed by atoms with E-state index < -0.39 is 0 Å². The fourth-order valence-electron chi connectivity index (χ4n) is 3.09. The van der Waals surface area contributed by atoms with Crippen molar-refractivity contribution in [2.24, 2.45) is 0 Å². The molecule has 0 bridgehead atoms. The lowest BCUT2D eigenvalue weighted by Gasteiger charge is -2.34. The van der Waals surface area contributed by atoms with Gasteiger partial charge >= 0.3 is 0 Å². The lowest BCUT2D eigenvalue weighted by molar-refractivity contribution is -0.137. The minimum atomic E-state index is -0.0597. The number of thioether (sulfide) groups is 1. The van der Waals surface area contributed by atoms with E-state index in [4.69, 9.17) is 4.42 Å². The van der Waals surface area contributed by atoms with Crippen LogP contribution in [0.1, 0.15) is 37.6 Å². The topological polar surface area (TPSA) is 62.5 Å². The average Bonchev–Trinajstić information content (AvgIpc) is 3.15. The van der Waals surface area contributed by atoms with Crippen LogP contribution in [0.3, 0.4) is 0 Å². The summed E-state index contributed by atoms with van der Waals surface area (Å²) in [6.45, 7) is 6.59. The van der Waals surface area contributed by atoms with E-state index in [9.17, 15) is 4.79 Å². The number of rotatable bonds is 3. The number of likely N-dealkylation sites (tertiary alicyclic amines) is 1. The zero-order valence-electron chi connectivity index (χ0n) is 12.6. The van der Waals surface area contributed by atoms with Gasteiger partial charge in [-0.1, -0.05) is 0 Å². The predicted octanol–water partition coefficient (Wildman–Crippen LogP) is 1.48. The summed E-state index contributed by atoms with van der Waals surface area (Å²) < 4.78 is 5.54. The van der Waals surface area contributed by atoms with Gasteiger partial charge in [-0.25, -0.2) is 0 Å². The van der Waals surface area contributed by atoms with Crippen LogP contribution in [0.15, 0.2) is 4.42 Å². The molecule has 0 N–H and O–H groups in total. The van der Waals surface area contributed by atoms with Crippen molar-refractivity contribution in [3.63, 3.8) is 0 Å². The van der Waals surface area contributed by atoms with Crippen molar-refractivity contribution >= 4 is 17.7 Å². The maximum Gasteiger partial charge on any atom is 0.240 e. The highest BCUT2D eigenvalue weighted by Gasteiger charge is 2.37. The molecule has 7 heteroatoms. The number of aryl methyl sites for hydroxylation is 1. The number of aromatic nitrogens is 2. The predicted molar refractivity (Wildman–Crippen MR) is 81.1 cm³/mol. The van der Waals surface area contributed by atoms with Gasteiger partial charge in [-0.2, -0.15) is 11.8 Å². The quantitative estimate of drug-likeness (QED) is 0.843. The average molecular weight is 310 g/mol. The maximum absolute atomic E-state index is 12.8. The molecular formula is C14H22N4O2S. The normalized spacial score (nSPS) is 25.2. The van der Waals surface area contributed by atoms with E-state index in [1.807, 2.05) is 23.6 Å². The Morgan fingerprint density at radius 3 is 2.76 bits per heavy atom. The van der Waals surface area contributed by atoms with Gasteiger partial charge in [-0.15, -0.1) is 10.2 Å². The third-order valence-corrected chi connectivity index (χ3v) is 5.26. The monoisotopic (exact) mass is 310 g/mol. The van der Waals surface area contributed by atoms with Crippen molar-refractivity contribution in [1.82, 2.24) is 20.0 Å². The number of nitrogens with zero attached hydrogens (tertiary/aromatic N) is 4. The van der Waals surface area contributed by atoms with Gasteiger partial charge in [-0.05, 0) is 19.8 Å². The fraction of sp³-hybridized carbons (Fsp3) is 0.786. The molecular weight excluding hydrogens is 288 g/mol. The van der Waals surface area contributed by atoms with Crippen molar-refractivity contribution in [3.05, 3.63) is 11.8 Å². The van der Waals surface area contributed by atoms with Crippen LogP contribution in [0.2, 0.25) is 0 Å². The van der Waals surface area contributed by atoms with Crippen LogP contribution >= 0.6 is 11.8 Å². The van der Waals surface area contributed by atoms with E-state index in [-0.39, 0.29) is 18.0 Å². The van der Waals surface area contributed by atoms with Gasteiger partial charge in [-0.3, -0.25) is 9.69 Å². The minimum Gasteiger partial charge on any atom is -0.423 e. The van der Waals surface area contributed by atoms with Gasteiger partial charge in [0.05, 0.1) is 6.04 Å². The highest BCUT2D eigenvalue weighted by atomic mass is 32.2. The first-order chi connectivity index (χ1) is 10.2. The lowest BCUT2D eigenvalue weighted by Crippen LogP contribution is -2.49. The molecule has 2 aliphatic rings. The molecule has 2 unspecified atom stereocenters. The Morgan fingerprint density at radius 1 is 1.33 bits per heavy atom. The maximum atomic E-state index is 12.8. The number of amides is 1. The molecule has 0 saturated carbocycles. The molecule has 2 fully saturated rings. The van der Waals surface area contributed by atoms with Crippen LogP contribution in [0.5, 0.6) is 0 Å². The first kappa shape index (κ1) is 14.8. The highest BCUT2D eigenvalue weighted by Crippen LogP contribution is 2.32. The zero-order valence-corrected chi connectivity index (χ0v) is 13.4. The fourth-order valence-corrected chi connectivity index (χ4v) is 4.03. The van der Waals surface area contributed by atoms with Gasteiger partial charge in [0.15, 0.2) is 0 Å². The van der Waals surface area contributed by atoms with E-state index in [2.05, 4.69) is 15.1 Å². The van der Waals surface area contributed by atoms with Crippen LogP contribution in [-0.2, 0) is 4.79 Å². The number of hydrogen-bond donors (Lipinski definition) is 0. The van der Waals surface area contributed by atoms with Crippen molar-refractivity contribution < 1.29 is 9.21 Å².